The van der Waals surface area contributed by atoms with Crippen molar-refractivity contribution in [2.24, 2.45) is 0 Å². The van der Waals surface area contributed by atoms with E-state index in [0.717, 1.165) is 11.3 Å². The van der Waals surface area contributed by atoms with E-state index in [-0.39, 0.29) is 23.7 Å². The molecule has 0 bridgehead atoms. The van der Waals surface area contributed by atoms with Gasteiger partial charge in [0, 0.05) is 23.7 Å². The van der Waals surface area contributed by atoms with Gasteiger partial charge in [-0.15, -0.1) is 0 Å². The second-order valence-electron chi connectivity index (χ2n) is 7.73. The number of H-pyrrole nitrogens is 1. The van der Waals surface area contributed by atoms with Gasteiger partial charge in [0.05, 0.1) is 27.0 Å². The number of hydrogen-bond donors (Lipinski definition) is 2. The number of amides is 1. The van der Waals surface area contributed by atoms with Crippen LogP contribution in [0.15, 0.2) is 53.3 Å². The Balaban J connectivity index is 1.61. The van der Waals surface area contributed by atoms with E-state index in [1.54, 1.807) is 25.3 Å². The minimum Gasteiger partial charge on any atom is -0.497 e. The number of aromatic nitrogens is 1. The zero-order valence-electron chi connectivity index (χ0n) is 18.6. The molecule has 4 rings (SSSR count). The lowest BCUT2D eigenvalue weighted by Gasteiger charge is -2.24. The average Bonchev–Trinajstić information content (AvgIpc) is 2.83. The number of Topliss-reactive ketones (excluding diaryl/α,β-unsaturated/α-hetero) is 1. The molecule has 170 valence electrons. The quantitative estimate of drug-likeness (QED) is 0.597. The minimum atomic E-state index is -0.643. The van der Waals surface area contributed by atoms with Gasteiger partial charge >= 0.3 is 0 Å². The van der Waals surface area contributed by atoms with Gasteiger partial charge in [0.2, 0.25) is 0 Å². The molecule has 2 aromatic carbocycles. The largest absolute Gasteiger partial charge is 0.497 e. The van der Waals surface area contributed by atoms with E-state index in [1.807, 2.05) is 24.3 Å². The van der Waals surface area contributed by atoms with E-state index < -0.39 is 11.5 Å². The number of anilines is 1. The maximum absolute atomic E-state index is 12.9. The minimum absolute atomic E-state index is 0.0627. The maximum atomic E-state index is 12.9. The summed E-state index contributed by atoms with van der Waals surface area (Å²) in [5.41, 5.74) is 1.54. The standard InChI is InChI=1S/C25H24N2O6/c1-31-16-6-4-14(5-7-16)15-10-20-18(22(28)11-15)13-19(24(29)26-20)25(30)27-21-12-17(32-2)8-9-23(21)33-3/h4-9,12-13,15H,10-11H2,1-3H3,(H,26,29)(H,27,30). The smallest absolute Gasteiger partial charge is 0.261 e. The molecule has 0 spiro atoms. The van der Waals surface area contributed by atoms with E-state index in [2.05, 4.69) is 10.3 Å². The van der Waals surface area contributed by atoms with Gasteiger partial charge in [-0.1, -0.05) is 12.1 Å². The van der Waals surface area contributed by atoms with Gasteiger partial charge in [-0.2, -0.15) is 0 Å². The summed E-state index contributed by atoms with van der Waals surface area (Å²) in [7, 11) is 4.58. The third kappa shape index (κ3) is 4.45. The molecule has 1 aliphatic rings. The number of ketones is 1. The summed E-state index contributed by atoms with van der Waals surface area (Å²) in [6.45, 7) is 0. The van der Waals surface area contributed by atoms with Gasteiger partial charge in [-0.25, -0.2) is 0 Å². The zero-order valence-corrected chi connectivity index (χ0v) is 18.6. The number of carbonyl (C=O) groups excluding carboxylic acids is 2. The highest BCUT2D eigenvalue weighted by atomic mass is 16.5. The van der Waals surface area contributed by atoms with Crippen LogP contribution in [0.1, 0.15) is 44.3 Å². The van der Waals surface area contributed by atoms with Crippen LogP contribution in [0, 0.1) is 0 Å². The molecular weight excluding hydrogens is 424 g/mol. The third-order valence-electron chi connectivity index (χ3n) is 5.79. The van der Waals surface area contributed by atoms with Gasteiger partial charge in [-0.05, 0) is 48.2 Å². The zero-order chi connectivity index (χ0) is 23.5. The Morgan fingerprint density at radius 2 is 1.61 bits per heavy atom. The molecule has 0 saturated carbocycles. The summed E-state index contributed by atoms with van der Waals surface area (Å²) < 4.78 is 15.6. The van der Waals surface area contributed by atoms with Crippen molar-refractivity contribution in [1.29, 1.82) is 0 Å². The van der Waals surface area contributed by atoms with Crippen molar-refractivity contribution in [3.05, 3.63) is 81.3 Å². The Morgan fingerprint density at radius 3 is 2.27 bits per heavy atom. The highest BCUT2D eigenvalue weighted by Crippen LogP contribution is 2.33. The van der Waals surface area contributed by atoms with Crippen molar-refractivity contribution < 1.29 is 23.8 Å². The molecular formula is C25H24N2O6. The van der Waals surface area contributed by atoms with Crippen molar-refractivity contribution in [2.75, 3.05) is 26.6 Å². The lowest BCUT2D eigenvalue weighted by Crippen LogP contribution is -2.29. The number of rotatable bonds is 6. The Labute approximate surface area is 190 Å². The Kier molecular flexibility index (Phi) is 6.17. The number of fused-ring (bicyclic) bond motifs is 1. The molecule has 0 fully saturated rings. The van der Waals surface area contributed by atoms with E-state index in [0.29, 0.717) is 34.9 Å². The lowest BCUT2D eigenvalue weighted by atomic mass is 9.81. The van der Waals surface area contributed by atoms with Crippen molar-refractivity contribution in [1.82, 2.24) is 4.98 Å². The first-order valence-electron chi connectivity index (χ1n) is 10.4. The van der Waals surface area contributed by atoms with Crippen LogP contribution in [-0.2, 0) is 6.42 Å². The molecule has 1 aliphatic carbocycles. The highest BCUT2D eigenvalue weighted by Gasteiger charge is 2.29. The number of hydrogen-bond acceptors (Lipinski definition) is 6. The molecule has 0 saturated heterocycles. The van der Waals surface area contributed by atoms with Crippen molar-refractivity contribution in [3.8, 4) is 17.2 Å². The number of carbonyl (C=O) groups is 2. The van der Waals surface area contributed by atoms with Crippen molar-refractivity contribution in [2.45, 2.75) is 18.8 Å². The molecule has 1 heterocycles. The first kappa shape index (κ1) is 22.1. The van der Waals surface area contributed by atoms with Gasteiger partial charge < -0.3 is 24.5 Å². The Hall–Kier alpha value is -4.07. The fraction of sp³-hybridized carbons (Fsp3) is 0.240. The second-order valence-corrected chi connectivity index (χ2v) is 7.73. The molecule has 1 amide bonds. The predicted molar refractivity (Wildman–Crippen MR) is 123 cm³/mol. The van der Waals surface area contributed by atoms with Crippen molar-refractivity contribution in [3.63, 3.8) is 0 Å². The third-order valence-corrected chi connectivity index (χ3v) is 5.79. The topological polar surface area (TPSA) is 107 Å². The van der Waals surface area contributed by atoms with E-state index in [1.165, 1.54) is 20.3 Å². The fourth-order valence-electron chi connectivity index (χ4n) is 4.01. The lowest BCUT2D eigenvalue weighted by molar-refractivity contribution is 0.0963. The first-order valence-corrected chi connectivity index (χ1v) is 10.4. The molecule has 8 nitrogen and oxygen atoms in total. The fourth-order valence-corrected chi connectivity index (χ4v) is 4.01. The summed E-state index contributed by atoms with van der Waals surface area (Å²) in [5.74, 6) is 0.837. The van der Waals surface area contributed by atoms with Crippen LogP contribution < -0.4 is 25.1 Å². The molecule has 0 radical (unpaired) electrons. The van der Waals surface area contributed by atoms with Crippen LogP contribution in [0.3, 0.4) is 0 Å². The molecule has 0 aliphatic heterocycles. The van der Waals surface area contributed by atoms with Crippen LogP contribution in [-0.4, -0.2) is 38.0 Å². The van der Waals surface area contributed by atoms with Gasteiger partial charge in [0.1, 0.15) is 22.8 Å². The normalized spacial score (nSPS) is 14.9. The summed E-state index contributed by atoms with van der Waals surface area (Å²) in [6.07, 6.45) is 0.782. The van der Waals surface area contributed by atoms with Gasteiger partial charge in [0.25, 0.3) is 11.5 Å². The SMILES string of the molecule is COc1ccc(C2CC(=O)c3cc(C(=O)Nc4cc(OC)ccc4OC)c(=O)[nH]c3C2)cc1. The number of ether oxygens (including phenoxy) is 3. The molecule has 8 heteroatoms. The van der Waals surface area contributed by atoms with Crippen LogP contribution in [0.25, 0.3) is 0 Å². The first-order chi connectivity index (χ1) is 15.9. The summed E-state index contributed by atoms with van der Waals surface area (Å²) in [6, 6.07) is 13.8. The van der Waals surface area contributed by atoms with E-state index >= 15 is 0 Å². The molecule has 2 N–H and O–H groups in total. The van der Waals surface area contributed by atoms with E-state index in [9.17, 15) is 14.4 Å². The van der Waals surface area contributed by atoms with Gasteiger partial charge in [0.15, 0.2) is 5.78 Å². The van der Waals surface area contributed by atoms with Crippen LogP contribution >= 0.6 is 0 Å². The number of methoxy groups -OCH3 is 3. The Morgan fingerprint density at radius 1 is 0.909 bits per heavy atom. The monoisotopic (exact) mass is 448 g/mol. The molecule has 1 aromatic heterocycles. The Bertz CT molecular complexity index is 1260. The summed E-state index contributed by atoms with van der Waals surface area (Å²) in [4.78, 5) is 41.3. The molecule has 1 atom stereocenters. The van der Waals surface area contributed by atoms with Crippen LogP contribution in [0.2, 0.25) is 0 Å². The van der Waals surface area contributed by atoms with E-state index in [4.69, 9.17) is 14.2 Å². The maximum Gasteiger partial charge on any atom is 0.261 e. The molecule has 1 unspecified atom stereocenters. The van der Waals surface area contributed by atoms with Crippen LogP contribution in [0.4, 0.5) is 5.69 Å². The average molecular weight is 448 g/mol. The summed E-state index contributed by atoms with van der Waals surface area (Å²) >= 11 is 0. The number of pyridine rings is 1. The highest BCUT2D eigenvalue weighted by molar-refractivity contribution is 6.07. The van der Waals surface area contributed by atoms with Gasteiger partial charge in [-0.3, -0.25) is 14.4 Å². The molecule has 3 aromatic rings. The predicted octanol–water partition coefficient (Wildman–Crippen LogP) is 3.57. The number of benzene rings is 2. The van der Waals surface area contributed by atoms with Crippen LogP contribution in [0.5, 0.6) is 17.2 Å². The van der Waals surface area contributed by atoms with Crippen molar-refractivity contribution >= 4 is 17.4 Å². The second kappa shape index (κ2) is 9.20. The number of nitrogens with one attached hydrogen (secondary N) is 2. The summed E-state index contributed by atoms with van der Waals surface area (Å²) in [5, 5.41) is 2.67. The molecule has 33 heavy (non-hydrogen) atoms. The number of aromatic amines is 1.